The Morgan fingerprint density at radius 3 is 2.56 bits per heavy atom. The normalized spacial score (nSPS) is 11.7. The van der Waals surface area contributed by atoms with Crippen molar-refractivity contribution in [3.8, 4) is 0 Å². The van der Waals surface area contributed by atoms with E-state index in [1.165, 1.54) is 0 Å². The lowest BCUT2D eigenvalue weighted by Crippen LogP contribution is -2.23. The van der Waals surface area contributed by atoms with Gasteiger partial charge in [-0.25, -0.2) is 13.1 Å². The van der Waals surface area contributed by atoms with E-state index in [0.717, 1.165) is 11.1 Å². The van der Waals surface area contributed by atoms with Crippen molar-refractivity contribution in [1.29, 1.82) is 0 Å². The zero-order chi connectivity index (χ0) is 13.2. The Hall–Kier alpha value is -1.59. The number of aryl methyl sites for hydroxylation is 2. The van der Waals surface area contributed by atoms with Gasteiger partial charge in [0.05, 0.1) is 4.90 Å². The summed E-state index contributed by atoms with van der Waals surface area (Å²) in [6.07, 6.45) is 3.78. The Kier molecular flexibility index (Phi) is 3.54. The molecule has 0 aliphatic heterocycles. The Bertz CT molecular complexity index is 645. The van der Waals surface area contributed by atoms with E-state index in [1.807, 2.05) is 36.1 Å². The predicted molar refractivity (Wildman–Crippen MR) is 70.6 cm³/mol. The molecule has 1 aromatic heterocycles. The summed E-state index contributed by atoms with van der Waals surface area (Å²) in [5.41, 5.74) is 1.69. The molecule has 0 saturated heterocycles. The molecule has 0 bridgehead atoms. The maximum Gasteiger partial charge on any atom is 0.241 e. The van der Waals surface area contributed by atoms with Crippen LogP contribution in [0.3, 0.4) is 0 Å². The van der Waals surface area contributed by atoms with Crippen molar-refractivity contribution in [2.24, 2.45) is 7.05 Å². The van der Waals surface area contributed by atoms with Crippen LogP contribution in [0.2, 0.25) is 0 Å². The van der Waals surface area contributed by atoms with Crippen LogP contribution in [0.5, 0.6) is 0 Å². The average Bonchev–Trinajstić information content (AvgIpc) is 2.73. The van der Waals surface area contributed by atoms with Gasteiger partial charge in [-0.3, -0.25) is 0 Å². The fraction of sp³-hybridized carbons (Fsp3) is 0.231. The van der Waals surface area contributed by atoms with Crippen LogP contribution in [0.1, 0.15) is 11.1 Å². The van der Waals surface area contributed by atoms with E-state index in [-0.39, 0.29) is 0 Å². The molecule has 1 N–H and O–H groups in total. The van der Waals surface area contributed by atoms with Gasteiger partial charge in [0.2, 0.25) is 10.0 Å². The number of hydrogen-bond donors (Lipinski definition) is 1. The lowest BCUT2D eigenvalue weighted by Gasteiger charge is -2.08. The van der Waals surface area contributed by atoms with E-state index in [1.54, 1.807) is 25.1 Å². The minimum atomic E-state index is -3.44. The number of sulfonamides is 1. The Morgan fingerprint density at radius 2 is 1.94 bits per heavy atom. The Labute approximate surface area is 107 Å². The molecule has 0 atom stereocenters. The quantitative estimate of drug-likeness (QED) is 0.915. The summed E-state index contributed by atoms with van der Waals surface area (Å²) in [6.45, 7) is 2.09. The summed E-state index contributed by atoms with van der Waals surface area (Å²) in [7, 11) is -1.54. The lowest BCUT2D eigenvalue weighted by molar-refractivity contribution is 0.580. The van der Waals surface area contributed by atoms with Crippen LogP contribution in [-0.4, -0.2) is 13.0 Å². The van der Waals surface area contributed by atoms with Crippen LogP contribution in [0, 0.1) is 6.92 Å². The minimum absolute atomic E-state index is 0.303. The zero-order valence-corrected chi connectivity index (χ0v) is 11.2. The molecule has 5 heteroatoms. The molecule has 1 aromatic carbocycles. The first kappa shape index (κ1) is 12.9. The van der Waals surface area contributed by atoms with E-state index in [2.05, 4.69) is 4.72 Å². The molecule has 2 aromatic rings. The van der Waals surface area contributed by atoms with Gasteiger partial charge in [0.1, 0.15) is 0 Å². The molecule has 0 aliphatic carbocycles. The average molecular weight is 264 g/mol. The standard InChI is InChI=1S/C13H16N2O2S/c1-11-5-3-4-6-13(11)18(16,17)14-9-12-7-8-15(2)10-12/h3-8,10,14H,9H2,1-2H3. The molecule has 0 unspecified atom stereocenters. The summed E-state index contributed by atoms with van der Waals surface area (Å²) in [4.78, 5) is 0.334. The highest BCUT2D eigenvalue weighted by molar-refractivity contribution is 7.89. The van der Waals surface area contributed by atoms with Crippen molar-refractivity contribution in [2.75, 3.05) is 0 Å². The molecule has 2 rings (SSSR count). The monoisotopic (exact) mass is 264 g/mol. The topological polar surface area (TPSA) is 51.1 Å². The summed E-state index contributed by atoms with van der Waals surface area (Å²) in [6, 6.07) is 8.84. The van der Waals surface area contributed by atoms with Crippen molar-refractivity contribution in [2.45, 2.75) is 18.4 Å². The maximum atomic E-state index is 12.1. The smallest absolute Gasteiger partial charge is 0.241 e. The van der Waals surface area contributed by atoms with Crippen LogP contribution in [0.4, 0.5) is 0 Å². The minimum Gasteiger partial charge on any atom is -0.357 e. The van der Waals surface area contributed by atoms with E-state index >= 15 is 0 Å². The fourth-order valence-corrected chi connectivity index (χ4v) is 3.04. The first-order valence-electron chi connectivity index (χ1n) is 5.65. The van der Waals surface area contributed by atoms with E-state index < -0.39 is 10.0 Å². The highest BCUT2D eigenvalue weighted by atomic mass is 32.2. The van der Waals surface area contributed by atoms with E-state index in [4.69, 9.17) is 0 Å². The molecule has 4 nitrogen and oxygen atoms in total. The lowest BCUT2D eigenvalue weighted by atomic mass is 10.2. The first-order chi connectivity index (χ1) is 8.49. The molecule has 1 heterocycles. The number of nitrogens with one attached hydrogen (secondary N) is 1. The van der Waals surface area contributed by atoms with Gasteiger partial charge in [0.15, 0.2) is 0 Å². The van der Waals surface area contributed by atoms with Crippen LogP contribution in [0.15, 0.2) is 47.6 Å². The Morgan fingerprint density at radius 1 is 1.22 bits per heavy atom. The largest absolute Gasteiger partial charge is 0.357 e. The molecule has 0 saturated carbocycles. The number of hydrogen-bond acceptors (Lipinski definition) is 2. The van der Waals surface area contributed by atoms with E-state index in [0.29, 0.717) is 11.4 Å². The van der Waals surface area contributed by atoms with Crippen molar-refractivity contribution in [1.82, 2.24) is 9.29 Å². The van der Waals surface area contributed by atoms with Gasteiger partial charge < -0.3 is 4.57 Å². The van der Waals surface area contributed by atoms with Gasteiger partial charge in [-0.2, -0.15) is 0 Å². The molecular weight excluding hydrogens is 248 g/mol. The van der Waals surface area contributed by atoms with Crippen LogP contribution in [-0.2, 0) is 23.6 Å². The van der Waals surface area contributed by atoms with Crippen molar-refractivity contribution >= 4 is 10.0 Å². The molecular formula is C13H16N2O2S. The number of rotatable bonds is 4. The second-order valence-electron chi connectivity index (χ2n) is 4.28. The third-order valence-electron chi connectivity index (χ3n) is 2.74. The molecule has 0 radical (unpaired) electrons. The maximum absolute atomic E-state index is 12.1. The third-order valence-corrected chi connectivity index (χ3v) is 4.30. The summed E-state index contributed by atoms with van der Waals surface area (Å²) < 4.78 is 28.7. The zero-order valence-electron chi connectivity index (χ0n) is 10.4. The summed E-state index contributed by atoms with van der Waals surface area (Å²) >= 11 is 0. The molecule has 0 aliphatic rings. The van der Waals surface area contributed by atoms with Crippen LogP contribution in [0.25, 0.3) is 0 Å². The van der Waals surface area contributed by atoms with Crippen molar-refractivity contribution < 1.29 is 8.42 Å². The molecule has 18 heavy (non-hydrogen) atoms. The highest BCUT2D eigenvalue weighted by Crippen LogP contribution is 2.14. The molecule has 96 valence electrons. The van der Waals surface area contributed by atoms with Gasteiger partial charge in [-0.1, -0.05) is 18.2 Å². The molecule has 0 spiro atoms. The fourth-order valence-electron chi connectivity index (χ4n) is 1.78. The number of nitrogens with zero attached hydrogens (tertiary/aromatic N) is 1. The second kappa shape index (κ2) is 4.96. The van der Waals surface area contributed by atoms with Gasteiger partial charge in [-0.05, 0) is 30.2 Å². The third kappa shape index (κ3) is 2.80. The van der Waals surface area contributed by atoms with Gasteiger partial charge >= 0.3 is 0 Å². The Balaban J connectivity index is 2.16. The number of aromatic nitrogens is 1. The highest BCUT2D eigenvalue weighted by Gasteiger charge is 2.15. The van der Waals surface area contributed by atoms with Gasteiger partial charge in [0, 0.05) is 26.0 Å². The van der Waals surface area contributed by atoms with Gasteiger partial charge in [0.25, 0.3) is 0 Å². The SMILES string of the molecule is Cc1ccccc1S(=O)(=O)NCc1ccn(C)c1. The van der Waals surface area contributed by atoms with Crippen LogP contribution >= 0.6 is 0 Å². The predicted octanol–water partition coefficient (Wildman–Crippen LogP) is 1.81. The van der Waals surface area contributed by atoms with Gasteiger partial charge in [-0.15, -0.1) is 0 Å². The van der Waals surface area contributed by atoms with Crippen LogP contribution < -0.4 is 4.72 Å². The second-order valence-corrected chi connectivity index (χ2v) is 6.01. The molecule has 0 amide bonds. The summed E-state index contributed by atoms with van der Waals surface area (Å²) in [5, 5.41) is 0. The first-order valence-corrected chi connectivity index (χ1v) is 7.13. The van der Waals surface area contributed by atoms with Crippen molar-refractivity contribution in [3.05, 3.63) is 53.9 Å². The summed E-state index contributed by atoms with van der Waals surface area (Å²) in [5.74, 6) is 0. The molecule has 0 fully saturated rings. The van der Waals surface area contributed by atoms with Crippen molar-refractivity contribution in [3.63, 3.8) is 0 Å². The van der Waals surface area contributed by atoms with E-state index in [9.17, 15) is 8.42 Å². The number of benzene rings is 1.